The summed E-state index contributed by atoms with van der Waals surface area (Å²) in [6.45, 7) is 4.71. The van der Waals surface area contributed by atoms with Crippen LogP contribution < -0.4 is 5.32 Å². The van der Waals surface area contributed by atoms with E-state index in [0.717, 1.165) is 8.95 Å². The van der Waals surface area contributed by atoms with Gasteiger partial charge < -0.3 is 5.32 Å². The van der Waals surface area contributed by atoms with E-state index in [1.54, 1.807) is 0 Å². The molecule has 0 amide bonds. The van der Waals surface area contributed by atoms with Crippen LogP contribution in [0.15, 0.2) is 27.1 Å². The highest BCUT2D eigenvalue weighted by atomic mass is 79.9. The van der Waals surface area contributed by atoms with Crippen molar-refractivity contribution in [1.29, 1.82) is 0 Å². The highest BCUT2D eigenvalue weighted by molar-refractivity contribution is 9.11. The lowest BCUT2D eigenvalue weighted by Gasteiger charge is -2.39. The molecular weight excluding hydrogens is 362 g/mol. The predicted octanol–water partition coefficient (Wildman–Crippen LogP) is 5.16. The molecular formula is C13H17Br2NS. The Kier molecular flexibility index (Phi) is 4.48. The van der Waals surface area contributed by atoms with Crippen LogP contribution in [0.5, 0.6) is 0 Å². The first-order valence-corrected chi connectivity index (χ1v) is 8.53. The lowest BCUT2D eigenvalue weighted by Crippen LogP contribution is -2.41. The Labute approximate surface area is 124 Å². The van der Waals surface area contributed by atoms with Crippen molar-refractivity contribution in [3.05, 3.63) is 27.1 Å². The van der Waals surface area contributed by atoms with Gasteiger partial charge in [0.05, 0.1) is 5.69 Å². The molecule has 4 heteroatoms. The smallest absolute Gasteiger partial charge is 0.0631 e. The first-order valence-electron chi connectivity index (χ1n) is 5.79. The third-order valence-electron chi connectivity index (χ3n) is 3.40. The van der Waals surface area contributed by atoms with Gasteiger partial charge in [-0.2, -0.15) is 11.8 Å². The number of nitrogens with one attached hydrogen (secondary N) is 1. The summed E-state index contributed by atoms with van der Waals surface area (Å²) in [6.07, 6.45) is 1.28. The Hall–Kier alpha value is 0.330. The van der Waals surface area contributed by atoms with Gasteiger partial charge in [-0.15, -0.1) is 0 Å². The van der Waals surface area contributed by atoms with Crippen molar-refractivity contribution >= 4 is 49.3 Å². The molecule has 0 aromatic heterocycles. The first kappa shape index (κ1) is 13.8. The number of halogens is 2. The van der Waals surface area contributed by atoms with E-state index >= 15 is 0 Å². The summed E-state index contributed by atoms with van der Waals surface area (Å²) in [4.78, 5) is 0. The van der Waals surface area contributed by atoms with Gasteiger partial charge in [-0.3, -0.25) is 0 Å². The number of hydrogen-bond acceptors (Lipinski definition) is 2. The van der Waals surface area contributed by atoms with Gasteiger partial charge >= 0.3 is 0 Å². The molecule has 0 saturated carbocycles. The van der Waals surface area contributed by atoms with Crippen LogP contribution in [-0.4, -0.2) is 17.5 Å². The molecule has 0 bridgehead atoms. The van der Waals surface area contributed by atoms with Crippen LogP contribution in [0.1, 0.15) is 20.3 Å². The van der Waals surface area contributed by atoms with Gasteiger partial charge in [0.2, 0.25) is 0 Å². The number of benzene rings is 1. The largest absolute Gasteiger partial charge is 0.379 e. The Morgan fingerprint density at radius 3 is 2.53 bits per heavy atom. The van der Waals surface area contributed by atoms with Gasteiger partial charge in [-0.1, -0.05) is 19.9 Å². The molecule has 17 heavy (non-hydrogen) atoms. The maximum atomic E-state index is 3.69. The summed E-state index contributed by atoms with van der Waals surface area (Å²) >= 11 is 9.27. The number of hydrogen-bond donors (Lipinski definition) is 1. The zero-order valence-electron chi connectivity index (χ0n) is 10.1. The highest BCUT2D eigenvalue weighted by Crippen LogP contribution is 2.39. The van der Waals surface area contributed by atoms with Crippen molar-refractivity contribution < 1.29 is 0 Å². The van der Waals surface area contributed by atoms with Crippen molar-refractivity contribution in [3.8, 4) is 0 Å². The SMILES string of the molecule is CC1(C)CCSCC1Nc1c(Br)cccc1Br. The highest BCUT2D eigenvalue weighted by Gasteiger charge is 2.33. The number of anilines is 1. The zero-order chi connectivity index (χ0) is 12.5. The standard InChI is InChI=1S/C13H17Br2NS/c1-13(2)6-7-17-8-11(13)16-12-9(14)4-3-5-10(12)15/h3-5,11,16H,6-8H2,1-2H3. The van der Waals surface area contributed by atoms with E-state index in [4.69, 9.17) is 0 Å². The fourth-order valence-electron chi connectivity index (χ4n) is 1.98. The number of thioether (sulfide) groups is 1. The van der Waals surface area contributed by atoms with Crippen LogP contribution in [0.25, 0.3) is 0 Å². The van der Waals surface area contributed by atoms with Crippen molar-refractivity contribution in [2.24, 2.45) is 5.41 Å². The molecule has 1 fully saturated rings. The maximum absolute atomic E-state index is 3.69. The summed E-state index contributed by atoms with van der Waals surface area (Å²) in [5.74, 6) is 2.46. The average Bonchev–Trinajstić information content (AvgIpc) is 2.25. The Morgan fingerprint density at radius 2 is 1.94 bits per heavy atom. The molecule has 1 atom stereocenters. The topological polar surface area (TPSA) is 12.0 Å². The van der Waals surface area contributed by atoms with Crippen LogP contribution in [0.3, 0.4) is 0 Å². The molecule has 2 rings (SSSR count). The van der Waals surface area contributed by atoms with E-state index in [0.29, 0.717) is 11.5 Å². The molecule has 1 aromatic carbocycles. The summed E-state index contributed by atoms with van der Waals surface area (Å²) in [5.41, 5.74) is 1.54. The monoisotopic (exact) mass is 377 g/mol. The second kappa shape index (κ2) is 5.54. The van der Waals surface area contributed by atoms with Crippen molar-refractivity contribution in [1.82, 2.24) is 0 Å². The van der Waals surface area contributed by atoms with Gasteiger partial charge in [0, 0.05) is 20.7 Å². The van der Waals surface area contributed by atoms with E-state index in [1.165, 1.54) is 23.6 Å². The van der Waals surface area contributed by atoms with E-state index < -0.39 is 0 Å². The second-order valence-electron chi connectivity index (χ2n) is 5.11. The minimum Gasteiger partial charge on any atom is -0.379 e. The fourth-order valence-corrected chi connectivity index (χ4v) is 4.82. The van der Waals surface area contributed by atoms with Crippen LogP contribution in [0.2, 0.25) is 0 Å². The lowest BCUT2D eigenvalue weighted by molar-refractivity contribution is 0.305. The maximum Gasteiger partial charge on any atom is 0.0631 e. The normalized spacial score (nSPS) is 23.4. The van der Waals surface area contributed by atoms with E-state index in [9.17, 15) is 0 Å². The zero-order valence-corrected chi connectivity index (χ0v) is 14.1. The molecule has 0 radical (unpaired) electrons. The van der Waals surface area contributed by atoms with Crippen molar-refractivity contribution in [2.75, 3.05) is 16.8 Å². The van der Waals surface area contributed by atoms with Crippen LogP contribution in [-0.2, 0) is 0 Å². The molecule has 1 N–H and O–H groups in total. The van der Waals surface area contributed by atoms with Crippen LogP contribution in [0.4, 0.5) is 5.69 Å². The van der Waals surface area contributed by atoms with Gasteiger partial charge in [-0.05, 0) is 61.6 Å². The summed E-state index contributed by atoms with van der Waals surface area (Å²) in [6, 6.07) is 6.72. The van der Waals surface area contributed by atoms with Gasteiger partial charge in [0.1, 0.15) is 0 Å². The van der Waals surface area contributed by atoms with Gasteiger partial charge in [-0.25, -0.2) is 0 Å². The molecule has 1 heterocycles. The number of rotatable bonds is 2. The van der Waals surface area contributed by atoms with Crippen molar-refractivity contribution in [3.63, 3.8) is 0 Å². The average molecular weight is 379 g/mol. The van der Waals surface area contributed by atoms with E-state index in [-0.39, 0.29) is 0 Å². The van der Waals surface area contributed by atoms with Gasteiger partial charge in [0.15, 0.2) is 0 Å². The third kappa shape index (κ3) is 3.21. The molecule has 1 nitrogen and oxygen atoms in total. The minimum atomic E-state index is 0.361. The molecule has 1 saturated heterocycles. The van der Waals surface area contributed by atoms with Crippen molar-refractivity contribution in [2.45, 2.75) is 26.3 Å². The number of para-hydroxylation sites is 1. The molecule has 0 spiro atoms. The summed E-state index contributed by atoms with van der Waals surface area (Å²) in [5, 5.41) is 3.69. The Balaban J connectivity index is 2.20. The third-order valence-corrected chi connectivity index (χ3v) is 5.78. The predicted molar refractivity (Wildman–Crippen MR) is 85.0 cm³/mol. The molecule has 1 unspecified atom stereocenters. The summed E-state index contributed by atoms with van der Waals surface area (Å²) < 4.78 is 2.25. The summed E-state index contributed by atoms with van der Waals surface area (Å²) in [7, 11) is 0. The molecule has 1 aliphatic heterocycles. The minimum absolute atomic E-state index is 0.361. The van der Waals surface area contributed by atoms with E-state index in [2.05, 4.69) is 63.2 Å². The quantitative estimate of drug-likeness (QED) is 0.763. The van der Waals surface area contributed by atoms with Crippen LogP contribution >= 0.6 is 43.6 Å². The first-order chi connectivity index (χ1) is 8.00. The Bertz CT molecular complexity index is 386. The van der Waals surface area contributed by atoms with Gasteiger partial charge in [0.25, 0.3) is 0 Å². The Morgan fingerprint density at radius 1 is 1.29 bits per heavy atom. The molecule has 0 aliphatic carbocycles. The lowest BCUT2D eigenvalue weighted by atomic mass is 9.82. The van der Waals surface area contributed by atoms with E-state index in [1.807, 2.05) is 17.8 Å². The second-order valence-corrected chi connectivity index (χ2v) is 7.97. The molecule has 94 valence electrons. The van der Waals surface area contributed by atoms with Crippen LogP contribution in [0, 0.1) is 5.41 Å². The molecule has 1 aliphatic rings. The molecule has 1 aromatic rings. The fraction of sp³-hybridized carbons (Fsp3) is 0.538.